The number of carbonyl (C=O) groups excluding carboxylic acids is 2. The SMILES string of the molecule is C[C@@H](NC(=O)OC(C)(C)C)C(=O)N[13c]1[13cH][13c](Cl)[13cH][13c](Cl)[13cH]1. The normalized spacial score (nSPS) is 12.5. The third kappa shape index (κ3) is 6.69. The van der Waals surface area contributed by atoms with Crippen molar-refractivity contribution in [2.75, 3.05) is 5.32 Å². The summed E-state index contributed by atoms with van der Waals surface area (Å²) in [5, 5.41) is 5.88. The number of halogens is 2. The molecule has 0 unspecified atom stereocenters. The van der Waals surface area contributed by atoms with Crippen molar-refractivity contribution in [2.45, 2.75) is 39.3 Å². The maximum absolute atomic E-state index is 12.0. The molecule has 116 valence electrons. The van der Waals surface area contributed by atoms with E-state index in [1.165, 1.54) is 0 Å². The van der Waals surface area contributed by atoms with Crippen molar-refractivity contribution in [3.63, 3.8) is 0 Å². The Hall–Kier alpha value is -1.46. The van der Waals surface area contributed by atoms with Crippen LogP contribution in [-0.2, 0) is 9.53 Å². The highest BCUT2D eigenvalue weighted by Gasteiger charge is 2.21. The standard InChI is InChI=1S/C14H18Cl2N2O3/c1-8(17-13(20)21-14(2,3)4)12(19)18-11-6-9(15)5-10(16)7-11/h5-8H,1-4H3,(H,17,20)(H,18,19)/t8-/m1/s1/i5+1,6+1,7+1,9+1,10+1,11+1. The molecule has 0 bridgehead atoms. The molecule has 7 heteroatoms. The first-order chi connectivity index (χ1) is 9.56. The van der Waals surface area contributed by atoms with Gasteiger partial charge in [0.2, 0.25) is 5.91 Å². The molecule has 1 rings (SSSR count). The lowest BCUT2D eigenvalue weighted by molar-refractivity contribution is -0.117. The van der Waals surface area contributed by atoms with Gasteiger partial charge in [-0.15, -0.1) is 0 Å². The minimum Gasteiger partial charge on any atom is -0.444 e. The lowest BCUT2D eigenvalue weighted by Gasteiger charge is -2.21. The first kappa shape index (κ1) is 17.6. The van der Waals surface area contributed by atoms with E-state index in [1.807, 2.05) is 0 Å². The summed E-state index contributed by atoms with van der Waals surface area (Å²) in [6.07, 6.45) is -0.658. The molecule has 1 aromatic rings. The van der Waals surface area contributed by atoms with Crippen molar-refractivity contribution in [1.82, 2.24) is 5.32 Å². The van der Waals surface area contributed by atoms with Crippen LogP contribution in [0, 0.1) is 0 Å². The van der Waals surface area contributed by atoms with Gasteiger partial charge in [-0.25, -0.2) is 4.79 Å². The van der Waals surface area contributed by atoms with Gasteiger partial charge in [-0.1, -0.05) is 23.2 Å². The number of rotatable bonds is 3. The van der Waals surface area contributed by atoms with Crippen LogP contribution < -0.4 is 10.6 Å². The molecular formula is C14H18Cl2N2O3. The Morgan fingerprint density at radius 1 is 1.14 bits per heavy atom. The Balaban J connectivity index is 2.60. The number of nitrogens with one attached hydrogen (secondary N) is 2. The molecule has 1 aromatic carbocycles. The second-order valence-electron chi connectivity index (χ2n) is 5.52. The van der Waals surface area contributed by atoms with Crippen LogP contribution >= 0.6 is 23.2 Å². The highest BCUT2D eigenvalue weighted by atomic mass is 35.5. The van der Waals surface area contributed by atoms with Crippen LogP contribution in [0.1, 0.15) is 27.7 Å². The van der Waals surface area contributed by atoms with Gasteiger partial charge in [0, 0.05) is 15.7 Å². The summed E-state index contributed by atoms with van der Waals surface area (Å²) >= 11 is 11.7. The summed E-state index contributed by atoms with van der Waals surface area (Å²) in [6.45, 7) is 6.77. The van der Waals surface area contributed by atoms with Crippen LogP contribution in [0.15, 0.2) is 18.2 Å². The van der Waals surface area contributed by atoms with Crippen molar-refractivity contribution < 1.29 is 14.3 Å². The summed E-state index contributed by atoms with van der Waals surface area (Å²) in [5.41, 5.74) is -0.170. The summed E-state index contributed by atoms with van der Waals surface area (Å²) in [4.78, 5) is 23.5. The molecule has 0 spiro atoms. The Bertz CT molecular complexity index is 521. The second-order valence-corrected chi connectivity index (χ2v) is 6.39. The zero-order valence-electron chi connectivity index (χ0n) is 12.3. The smallest absolute Gasteiger partial charge is 0.408 e. The molecule has 21 heavy (non-hydrogen) atoms. The fraction of sp³-hybridized carbons (Fsp3) is 0.429. The average Bonchev–Trinajstić information content (AvgIpc) is 2.24. The Labute approximate surface area is 133 Å². The van der Waals surface area contributed by atoms with Crippen molar-refractivity contribution in [2.24, 2.45) is 0 Å². The number of amides is 2. The lowest BCUT2D eigenvalue weighted by atomic mass is 10.2. The average molecular weight is 339 g/mol. The highest BCUT2D eigenvalue weighted by Crippen LogP contribution is 2.22. The third-order valence-corrected chi connectivity index (χ3v) is 2.69. The van der Waals surface area contributed by atoms with Gasteiger partial charge in [-0.3, -0.25) is 4.79 Å². The number of benzene rings is 1. The molecule has 0 heterocycles. The largest absolute Gasteiger partial charge is 0.444 e. The molecule has 0 radical (unpaired) electrons. The molecule has 0 saturated heterocycles. The van der Waals surface area contributed by atoms with E-state index in [1.54, 1.807) is 45.9 Å². The van der Waals surface area contributed by atoms with E-state index in [0.717, 1.165) is 0 Å². The van der Waals surface area contributed by atoms with E-state index in [4.69, 9.17) is 27.9 Å². The van der Waals surface area contributed by atoms with Crippen LogP contribution in [0.3, 0.4) is 0 Å². The summed E-state index contributed by atoms with van der Waals surface area (Å²) in [6, 6.07) is 3.91. The van der Waals surface area contributed by atoms with Crippen LogP contribution in [0.2, 0.25) is 10.0 Å². The first-order valence-corrected chi connectivity index (χ1v) is 7.09. The Kier molecular flexibility index (Phi) is 5.87. The molecule has 2 amide bonds. The van der Waals surface area contributed by atoms with Crippen molar-refractivity contribution in [3.8, 4) is 0 Å². The summed E-state index contributed by atoms with van der Waals surface area (Å²) < 4.78 is 5.07. The van der Waals surface area contributed by atoms with Gasteiger partial charge in [0.1, 0.15) is 11.6 Å². The molecule has 1 atom stereocenters. The quantitative estimate of drug-likeness (QED) is 0.879. The first-order valence-electron chi connectivity index (χ1n) is 6.33. The number of hydrogen-bond donors (Lipinski definition) is 2. The van der Waals surface area contributed by atoms with Crippen LogP contribution in [0.5, 0.6) is 0 Å². The number of alkyl carbamates (subject to hydrolysis) is 1. The van der Waals surface area contributed by atoms with Gasteiger partial charge in [0.05, 0.1) is 0 Å². The minimum atomic E-state index is -0.766. The van der Waals surface area contributed by atoms with Crippen molar-refractivity contribution in [3.05, 3.63) is 28.2 Å². The highest BCUT2D eigenvalue weighted by molar-refractivity contribution is 6.35. The second kappa shape index (κ2) is 7.00. The number of hydrogen-bond acceptors (Lipinski definition) is 3. The van der Waals surface area contributed by atoms with Crippen LogP contribution in [0.25, 0.3) is 0 Å². The monoisotopic (exact) mass is 338 g/mol. The molecule has 0 saturated carbocycles. The fourth-order valence-corrected chi connectivity index (χ4v) is 1.95. The van der Waals surface area contributed by atoms with Crippen LogP contribution in [0.4, 0.5) is 10.5 Å². The zero-order chi connectivity index (χ0) is 16.2. The van der Waals surface area contributed by atoms with Crippen LogP contribution in [-0.4, -0.2) is 23.6 Å². The Morgan fingerprint density at radius 3 is 2.14 bits per heavy atom. The van der Waals surface area contributed by atoms with Crippen molar-refractivity contribution in [1.29, 1.82) is 0 Å². The third-order valence-electron chi connectivity index (χ3n) is 2.26. The van der Waals surface area contributed by atoms with Gasteiger partial charge in [0.25, 0.3) is 0 Å². The Morgan fingerprint density at radius 2 is 1.67 bits per heavy atom. The molecule has 0 aliphatic heterocycles. The fourth-order valence-electron chi connectivity index (χ4n) is 1.43. The van der Waals surface area contributed by atoms with Gasteiger partial charge < -0.3 is 15.4 Å². The minimum absolute atomic E-state index is 0.404. The number of ether oxygens (including phenoxy) is 1. The molecule has 0 aromatic heterocycles. The van der Waals surface area contributed by atoms with E-state index < -0.39 is 23.6 Å². The van der Waals surface area contributed by atoms with Gasteiger partial charge >= 0.3 is 6.09 Å². The molecule has 2 N–H and O–H groups in total. The van der Waals surface area contributed by atoms with E-state index in [-0.39, 0.29) is 0 Å². The molecule has 0 aliphatic rings. The zero-order valence-corrected chi connectivity index (χ0v) is 13.8. The summed E-state index contributed by atoms with van der Waals surface area (Å²) in [7, 11) is 0. The predicted octanol–water partition coefficient (Wildman–Crippen LogP) is 3.85. The molecule has 5 nitrogen and oxygen atoms in total. The van der Waals surface area contributed by atoms with Crippen molar-refractivity contribution >= 4 is 40.9 Å². The van der Waals surface area contributed by atoms with E-state index >= 15 is 0 Å². The lowest BCUT2D eigenvalue weighted by Crippen LogP contribution is -2.43. The molecular weight excluding hydrogens is 321 g/mol. The predicted molar refractivity (Wildman–Crippen MR) is 83.9 cm³/mol. The molecule has 0 aliphatic carbocycles. The maximum Gasteiger partial charge on any atom is 0.408 e. The summed E-state index contributed by atoms with van der Waals surface area (Å²) in [5.74, 6) is -0.404. The maximum atomic E-state index is 12.0. The van der Waals surface area contributed by atoms with E-state index in [9.17, 15) is 9.59 Å². The van der Waals surface area contributed by atoms with E-state index in [2.05, 4.69) is 10.6 Å². The van der Waals surface area contributed by atoms with Gasteiger partial charge in [-0.05, 0) is 45.9 Å². The topological polar surface area (TPSA) is 67.4 Å². The molecule has 0 fully saturated rings. The van der Waals surface area contributed by atoms with E-state index in [0.29, 0.717) is 15.7 Å². The number of carbonyl (C=O) groups is 2. The van der Waals surface area contributed by atoms with Gasteiger partial charge in [-0.2, -0.15) is 0 Å². The number of anilines is 1. The van der Waals surface area contributed by atoms with Gasteiger partial charge in [0.15, 0.2) is 0 Å².